The molecule has 0 saturated carbocycles. The van der Waals surface area contributed by atoms with Crippen molar-refractivity contribution in [1.29, 1.82) is 0 Å². The molecule has 0 atom stereocenters. The summed E-state index contributed by atoms with van der Waals surface area (Å²) in [6, 6.07) is 8.22. The van der Waals surface area contributed by atoms with E-state index in [1.807, 2.05) is 40.2 Å². The Balaban J connectivity index is 1.77. The lowest BCUT2D eigenvalue weighted by atomic mass is 10.2. The van der Waals surface area contributed by atoms with Crippen molar-refractivity contribution in [2.24, 2.45) is 7.05 Å². The Morgan fingerprint density at radius 3 is 2.77 bits per heavy atom. The van der Waals surface area contributed by atoms with Gasteiger partial charge in [0.25, 0.3) is 5.56 Å². The van der Waals surface area contributed by atoms with E-state index in [1.54, 1.807) is 11.6 Å². The Hall–Kier alpha value is -2.58. The first-order valence-corrected chi connectivity index (χ1v) is 9.38. The molecule has 8 heteroatoms. The second-order valence-electron chi connectivity index (χ2n) is 6.57. The van der Waals surface area contributed by atoms with E-state index < -0.39 is 0 Å². The summed E-state index contributed by atoms with van der Waals surface area (Å²) in [7, 11) is 1.74. The molecular formula is C18H20N6OS. The minimum absolute atomic E-state index is 0.0318. The van der Waals surface area contributed by atoms with E-state index in [-0.39, 0.29) is 5.56 Å². The largest absolute Gasteiger partial charge is 0.288 e. The van der Waals surface area contributed by atoms with Gasteiger partial charge in [-0.15, -0.1) is 21.5 Å². The van der Waals surface area contributed by atoms with E-state index >= 15 is 0 Å². The number of pyridine rings is 1. The predicted molar refractivity (Wildman–Crippen MR) is 102 cm³/mol. The van der Waals surface area contributed by atoms with Crippen LogP contribution in [0.25, 0.3) is 16.0 Å². The van der Waals surface area contributed by atoms with Crippen LogP contribution < -0.4 is 5.56 Å². The Kier molecular flexibility index (Phi) is 4.29. The Morgan fingerprint density at radius 1 is 1.19 bits per heavy atom. The molecule has 0 aliphatic carbocycles. The molecule has 134 valence electrons. The number of aryl methyl sites for hydroxylation is 1. The Labute approximate surface area is 154 Å². The van der Waals surface area contributed by atoms with Gasteiger partial charge in [-0.1, -0.05) is 6.07 Å². The van der Waals surface area contributed by atoms with Crippen molar-refractivity contribution in [3.05, 3.63) is 57.7 Å². The molecule has 7 nitrogen and oxygen atoms in total. The van der Waals surface area contributed by atoms with E-state index in [0.29, 0.717) is 18.4 Å². The van der Waals surface area contributed by atoms with Gasteiger partial charge in [0.05, 0.1) is 17.8 Å². The lowest BCUT2D eigenvalue weighted by Gasteiger charge is -2.25. The van der Waals surface area contributed by atoms with Gasteiger partial charge in [-0.2, -0.15) is 0 Å². The smallest absolute Gasteiger partial charge is 0.272 e. The van der Waals surface area contributed by atoms with E-state index in [1.165, 1.54) is 11.3 Å². The van der Waals surface area contributed by atoms with Crippen LogP contribution in [0.2, 0.25) is 0 Å². The first-order valence-electron chi connectivity index (χ1n) is 8.50. The molecule has 0 fully saturated rings. The van der Waals surface area contributed by atoms with Crippen LogP contribution >= 0.6 is 11.3 Å². The monoisotopic (exact) mass is 368 g/mol. The number of aromatic nitrogens is 5. The molecule has 0 aromatic carbocycles. The van der Waals surface area contributed by atoms with Gasteiger partial charge in [0.2, 0.25) is 5.78 Å². The molecule has 0 aliphatic heterocycles. The van der Waals surface area contributed by atoms with Crippen molar-refractivity contribution >= 4 is 27.3 Å². The van der Waals surface area contributed by atoms with E-state index in [0.717, 1.165) is 28.3 Å². The molecule has 4 aromatic heterocycles. The van der Waals surface area contributed by atoms with Gasteiger partial charge in [0.1, 0.15) is 4.70 Å². The van der Waals surface area contributed by atoms with Crippen LogP contribution in [0.15, 0.2) is 40.6 Å². The molecule has 0 aliphatic rings. The van der Waals surface area contributed by atoms with Crippen molar-refractivity contribution < 1.29 is 0 Å². The molecule has 26 heavy (non-hydrogen) atoms. The van der Waals surface area contributed by atoms with Gasteiger partial charge in [0, 0.05) is 25.8 Å². The molecule has 4 aromatic rings. The van der Waals surface area contributed by atoms with Crippen molar-refractivity contribution in [3.8, 4) is 0 Å². The van der Waals surface area contributed by atoms with E-state index in [9.17, 15) is 4.79 Å². The van der Waals surface area contributed by atoms with E-state index in [4.69, 9.17) is 0 Å². The summed E-state index contributed by atoms with van der Waals surface area (Å²) in [6.07, 6.45) is 1.81. The standard InChI is InChI=1S/C18H20N6OS/c1-12(2)23(10-13-6-4-5-8-19-13)11-15-20-21-18-22(3)17(25)16-14(24(15)18)7-9-26-16/h4-9,12H,10-11H2,1-3H3. The fourth-order valence-corrected chi connectivity index (χ4v) is 3.91. The molecule has 0 saturated heterocycles. The third-order valence-electron chi connectivity index (χ3n) is 4.56. The van der Waals surface area contributed by atoms with Crippen molar-refractivity contribution in [1.82, 2.24) is 29.0 Å². The highest BCUT2D eigenvalue weighted by molar-refractivity contribution is 7.17. The highest BCUT2D eigenvalue weighted by Gasteiger charge is 2.19. The van der Waals surface area contributed by atoms with Crippen molar-refractivity contribution in [3.63, 3.8) is 0 Å². The van der Waals surface area contributed by atoms with Crippen LogP contribution in [0.1, 0.15) is 25.4 Å². The molecule has 0 amide bonds. The van der Waals surface area contributed by atoms with Crippen LogP contribution in [0.5, 0.6) is 0 Å². The molecule has 0 radical (unpaired) electrons. The lowest BCUT2D eigenvalue weighted by molar-refractivity contribution is 0.195. The van der Waals surface area contributed by atoms with E-state index in [2.05, 4.69) is 33.9 Å². The molecule has 4 rings (SSSR count). The number of thiophene rings is 1. The van der Waals surface area contributed by atoms with Gasteiger partial charge in [-0.05, 0) is 37.4 Å². The van der Waals surface area contributed by atoms with Crippen LogP contribution in [0.3, 0.4) is 0 Å². The third kappa shape index (κ3) is 2.81. The van der Waals surface area contributed by atoms with Gasteiger partial charge >= 0.3 is 0 Å². The molecule has 0 N–H and O–H groups in total. The van der Waals surface area contributed by atoms with Crippen LogP contribution in [-0.4, -0.2) is 35.1 Å². The number of hydrogen-bond donors (Lipinski definition) is 0. The SMILES string of the molecule is CC(C)N(Cc1ccccn1)Cc1nnc2n(C)c(=O)c3sccc3n12. The van der Waals surface area contributed by atoms with Gasteiger partial charge in [0.15, 0.2) is 5.82 Å². The highest BCUT2D eigenvalue weighted by atomic mass is 32.1. The summed E-state index contributed by atoms with van der Waals surface area (Å²) < 4.78 is 4.27. The zero-order valence-corrected chi connectivity index (χ0v) is 15.8. The third-order valence-corrected chi connectivity index (χ3v) is 5.45. The number of fused-ring (bicyclic) bond motifs is 3. The summed E-state index contributed by atoms with van der Waals surface area (Å²) in [4.78, 5) is 19.2. The first-order chi connectivity index (χ1) is 12.6. The Bertz CT molecular complexity index is 1110. The number of rotatable bonds is 5. The lowest BCUT2D eigenvalue weighted by Crippen LogP contribution is -2.31. The molecular weight excluding hydrogens is 348 g/mol. The van der Waals surface area contributed by atoms with Gasteiger partial charge in [-0.3, -0.25) is 23.6 Å². The summed E-state index contributed by atoms with van der Waals surface area (Å²) in [5.74, 6) is 1.39. The van der Waals surface area contributed by atoms with Crippen molar-refractivity contribution in [2.45, 2.75) is 33.0 Å². The second-order valence-corrected chi connectivity index (χ2v) is 7.49. The summed E-state index contributed by atoms with van der Waals surface area (Å²) >= 11 is 1.45. The number of nitrogens with zero attached hydrogens (tertiary/aromatic N) is 6. The van der Waals surface area contributed by atoms with Crippen LogP contribution in [-0.2, 0) is 20.1 Å². The van der Waals surface area contributed by atoms with Crippen LogP contribution in [0, 0.1) is 0 Å². The maximum Gasteiger partial charge on any atom is 0.272 e. The highest BCUT2D eigenvalue weighted by Crippen LogP contribution is 2.20. The molecule has 0 spiro atoms. The summed E-state index contributed by atoms with van der Waals surface area (Å²) in [5, 5.41) is 10.6. The Morgan fingerprint density at radius 2 is 2.04 bits per heavy atom. The van der Waals surface area contributed by atoms with Gasteiger partial charge < -0.3 is 0 Å². The zero-order chi connectivity index (χ0) is 18.3. The normalized spacial score (nSPS) is 12.0. The molecule has 4 heterocycles. The zero-order valence-electron chi connectivity index (χ0n) is 15.0. The fourth-order valence-electron chi connectivity index (χ4n) is 3.06. The average Bonchev–Trinajstić information content (AvgIpc) is 3.27. The van der Waals surface area contributed by atoms with Gasteiger partial charge in [-0.25, -0.2) is 0 Å². The minimum Gasteiger partial charge on any atom is -0.288 e. The summed E-state index contributed by atoms with van der Waals surface area (Å²) in [6.45, 7) is 5.66. The fraction of sp³-hybridized carbons (Fsp3) is 0.333. The maximum absolute atomic E-state index is 12.5. The van der Waals surface area contributed by atoms with Crippen molar-refractivity contribution in [2.75, 3.05) is 0 Å². The maximum atomic E-state index is 12.5. The predicted octanol–water partition coefficient (Wildman–Crippen LogP) is 2.45. The number of hydrogen-bond acceptors (Lipinski definition) is 6. The first kappa shape index (κ1) is 16.9. The quantitative estimate of drug-likeness (QED) is 0.541. The average molecular weight is 368 g/mol. The molecule has 0 bridgehead atoms. The van der Waals surface area contributed by atoms with Crippen LogP contribution in [0.4, 0.5) is 0 Å². The minimum atomic E-state index is -0.0318. The summed E-state index contributed by atoms with van der Waals surface area (Å²) in [5.41, 5.74) is 1.85. The second kappa shape index (κ2) is 6.62. The topological polar surface area (TPSA) is 68.3 Å². The molecule has 0 unspecified atom stereocenters.